The maximum Gasteiger partial charge on any atom is 0.335 e. The van der Waals surface area contributed by atoms with Gasteiger partial charge in [-0.15, -0.1) is 0 Å². The molecule has 1 N–H and O–H groups in total. The molecule has 88 valence electrons. The molecule has 0 heterocycles. The minimum absolute atomic E-state index is 0.0307. The number of carbonyl (C=O) groups is 1. The Morgan fingerprint density at radius 3 is 2.25 bits per heavy atom. The van der Waals surface area contributed by atoms with Crippen molar-refractivity contribution in [3.8, 4) is 5.75 Å². The van der Waals surface area contributed by atoms with Gasteiger partial charge in [0.15, 0.2) is 0 Å². The molecular weight excluding hydrogens is 354 g/mol. The molecule has 0 saturated carbocycles. The first-order valence-corrected chi connectivity index (χ1v) is 5.63. The average Bonchev–Trinajstić information content (AvgIpc) is 2.15. The lowest BCUT2D eigenvalue weighted by atomic mass is 10.2. The molecule has 0 radical (unpaired) electrons. The van der Waals surface area contributed by atoms with E-state index in [2.05, 4.69) is 31.9 Å². The molecule has 0 unspecified atom stereocenters. The van der Waals surface area contributed by atoms with Crippen molar-refractivity contribution < 1.29 is 23.4 Å². The summed E-state index contributed by atoms with van der Waals surface area (Å²) in [5.41, 5.74) is 0.0307. The Balaban J connectivity index is 2.98. The molecule has 1 rings (SSSR count). The van der Waals surface area contributed by atoms with Gasteiger partial charge in [0.25, 0.3) is 6.43 Å². The predicted octanol–water partition coefficient (Wildman–Crippen LogP) is 3.55. The molecule has 3 nitrogen and oxygen atoms in total. The lowest BCUT2D eigenvalue weighted by molar-refractivity contribution is 0.0695. The van der Waals surface area contributed by atoms with Crippen LogP contribution in [0.2, 0.25) is 0 Å². The van der Waals surface area contributed by atoms with E-state index in [1.807, 2.05) is 0 Å². The van der Waals surface area contributed by atoms with Gasteiger partial charge in [-0.05, 0) is 44.0 Å². The summed E-state index contributed by atoms with van der Waals surface area (Å²) >= 11 is 6.11. The highest BCUT2D eigenvalue weighted by molar-refractivity contribution is 9.11. The molecule has 0 aliphatic carbocycles. The van der Waals surface area contributed by atoms with Crippen molar-refractivity contribution in [2.24, 2.45) is 0 Å². The number of rotatable bonds is 4. The zero-order chi connectivity index (χ0) is 12.3. The molecule has 0 aliphatic rings. The molecule has 0 atom stereocenters. The first-order valence-electron chi connectivity index (χ1n) is 4.05. The quantitative estimate of drug-likeness (QED) is 0.894. The fourth-order valence-electron chi connectivity index (χ4n) is 0.968. The first-order chi connectivity index (χ1) is 7.41. The van der Waals surface area contributed by atoms with Crippen LogP contribution in [0, 0.1) is 0 Å². The monoisotopic (exact) mass is 358 g/mol. The summed E-state index contributed by atoms with van der Waals surface area (Å²) in [5.74, 6) is -0.952. The molecule has 0 saturated heterocycles. The van der Waals surface area contributed by atoms with Crippen molar-refractivity contribution in [2.45, 2.75) is 6.43 Å². The van der Waals surface area contributed by atoms with Gasteiger partial charge in [-0.25, -0.2) is 13.6 Å². The van der Waals surface area contributed by atoms with Crippen LogP contribution in [0.4, 0.5) is 8.78 Å². The van der Waals surface area contributed by atoms with Gasteiger partial charge in [-0.2, -0.15) is 0 Å². The van der Waals surface area contributed by atoms with E-state index in [0.29, 0.717) is 8.95 Å². The van der Waals surface area contributed by atoms with Gasteiger partial charge in [-0.3, -0.25) is 0 Å². The third-order valence-corrected chi connectivity index (χ3v) is 2.78. The molecule has 7 heteroatoms. The normalized spacial score (nSPS) is 10.6. The third-order valence-electron chi connectivity index (χ3n) is 1.60. The van der Waals surface area contributed by atoms with E-state index in [1.165, 1.54) is 12.1 Å². The Morgan fingerprint density at radius 1 is 1.38 bits per heavy atom. The van der Waals surface area contributed by atoms with E-state index in [-0.39, 0.29) is 11.3 Å². The van der Waals surface area contributed by atoms with E-state index in [9.17, 15) is 13.6 Å². The standard InChI is InChI=1S/C9H6Br2F2O3/c10-5-1-4(9(14)15)2-6(11)8(5)16-3-7(12)13/h1-2,7H,3H2,(H,14,15). The predicted molar refractivity (Wildman–Crippen MR) is 60.3 cm³/mol. The highest BCUT2D eigenvalue weighted by Crippen LogP contribution is 2.35. The number of benzene rings is 1. The Labute approximate surface area is 107 Å². The molecule has 1 aromatic rings. The second kappa shape index (κ2) is 5.58. The van der Waals surface area contributed by atoms with Crippen molar-refractivity contribution >= 4 is 37.8 Å². The van der Waals surface area contributed by atoms with Gasteiger partial charge in [0.1, 0.15) is 12.4 Å². The molecule has 0 amide bonds. The number of aromatic carboxylic acids is 1. The van der Waals surface area contributed by atoms with E-state index >= 15 is 0 Å². The van der Waals surface area contributed by atoms with E-state index < -0.39 is 19.0 Å². The number of hydrogen-bond donors (Lipinski definition) is 1. The molecule has 0 bridgehead atoms. The molecule has 0 fully saturated rings. The topological polar surface area (TPSA) is 46.5 Å². The van der Waals surface area contributed by atoms with Crippen LogP contribution in [0.15, 0.2) is 21.1 Å². The lowest BCUT2D eigenvalue weighted by Gasteiger charge is -2.10. The van der Waals surface area contributed by atoms with Crippen molar-refractivity contribution in [3.05, 3.63) is 26.6 Å². The second-order valence-electron chi connectivity index (χ2n) is 2.78. The third kappa shape index (κ3) is 3.41. The summed E-state index contributed by atoms with van der Waals surface area (Å²) in [6, 6.07) is 2.57. The Bertz CT molecular complexity index is 387. The minimum atomic E-state index is -2.59. The molecule has 16 heavy (non-hydrogen) atoms. The van der Waals surface area contributed by atoms with Gasteiger partial charge in [-0.1, -0.05) is 0 Å². The summed E-state index contributed by atoms with van der Waals surface area (Å²) in [6.45, 7) is -0.746. The van der Waals surface area contributed by atoms with Crippen LogP contribution in [0.3, 0.4) is 0 Å². The number of halogens is 4. The number of hydrogen-bond acceptors (Lipinski definition) is 2. The lowest BCUT2D eigenvalue weighted by Crippen LogP contribution is -2.08. The number of carboxylic acids is 1. The first kappa shape index (κ1) is 13.4. The van der Waals surface area contributed by atoms with Gasteiger partial charge >= 0.3 is 5.97 Å². The van der Waals surface area contributed by atoms with E-state index in [0.717, 1.165) is 0 Å². The zero-order valence-corrected chi connectivity index (χ0v) is 10.9. The van der Waals surface area contributed by atoms with Gasteiger partial charge in [0.2, 0.25) is 0 Å². The zero-order valence-electron chi connectivity index (χ0n) is 7.71. The number of carboxylic acid groups (broad SMARTS) is 1. The molecule has 1 aromatic carbocycles. The van der Waals surface area contributed by atoms with Crippen molar-refractivity contribution in [2.75, 3.05) is 6.61 Å². The van der Waals surface area contributed by atoms with Gasteiger partial charge in [0, 0.05) is 0 Å². The highest BCUT2D eigenvalue weighted by atomic mass is 79.9. The Morgan fingerprint density at radius 2 is 1.88 bits per heavy atom. The van der Waals surface area contributed by atoms with Crippen LogP contribution < -0.4 is 4.74 Å². The fraction of sp³-hybridized carbons (Fsp3) is 0.222. The summed E-state index contributed by atoms with van der Waals surface area (Å²) in [7, 11) is 0. The maximum absolute atomic E-state index is 11.9. The number of alkyl halides is 2. The van der Waals surface area contributed by atoms with Crippen LogP contribution >= 0.6 is 31.9 Å². The Hall–Kier alpha value is -0.690. The molecule has 0 aromatic heterocycles. The van der Waals surface area contributed by atoms with E-state index in [4.69, 9.17) is 9.84 Å². The number of ether oxygens (including phenoxy) is 1. The van der Waals surface area contributed by atoms with Crippen LogP contribution in [-0.4, -0.2) is 24.1 Å². The van der Waals surface area contributed by atoms with Gasteiger partial charge in [0.05, 0.1) is 14.5 Å². The van der Waals surface area contributed by atoms with Gasteiger partial charge < -0.3 is 9.84 Å². The Kier molecular flexibility index (Phi) is 4.67. The summed E-state index contributed by atoms with van der Waals surface area (Å²) in [5, 5.41) is 8.74. The molecule has 0 aliphatic heterocycles. The second-order valence-corrected chi connectivity index (χ2v) is 4.48. The maximum atomic E-state index is 11.9. The SMILES string of the molecule is O=C(O)c1cc(Br)c(OCC(F)F)c(Br)c1. The molecule has 0 spiro atoms. The fourth-order valence-corrected chi connectivity index (χ4v) is 2.38. The van der Waals surface area contributed by atoms with Crippen molar-refractivity contribution in [3.63, 3.8) is 0 Å². The van der Waals surface area contributed by atoms with E-state index in [1.54, 1.807) is 0 Å². The summed E-state index contributed by atoms with van der Waals surface area (Å²) in [6.07, 6.45) is -2.59. The van der Waals surface area contributed by atoms with Crippen molar-refractivity contribution in [1.82, 2.24) is 0 Å². The summed E-state index contributed by atoms with van der Waals surface area (Å²) < 4.78 is 29.3. The van der Waals surface area contributed by atoms with Crippen LogP contribution in [0.25, 0.3) is 0 Å². The van der Waals surface area contributed by atoms with Crippen LogP contribution in [-0.2, 0) is 0 Å². The summed E-state index contributed by atoms with van der Waals surface area (Å²) in [4.78, 5) is 10.7. The smallest absolute Gasteiger partial charge is 0.335 e. The van der Waals surface area contributed by atoms with Crippen molar-refractivity contribution in [1.29, 1.82) is 0 Å². The minimum Gasteiger partial charge on any atom is -0.485 e. The molecular formula is C9H6Br2F2O3. The van der Waals surface area contributed by atoms with Crippen LogP contribution in [0.5, 0.6) is 5.75 Å². The largest absolute Gasteiger partial charge is 0.485 e. The highest BCUT2D eigenvalue weighted by Gasteiger charge is 2.14. The van der Waals surface area contributed by atoms with Crippen LogP contribution in [0.1, 0.15) is 10.4 Å². The average molecular weight is 360 g/mol.